The second-order valence-corrected chi connectivity index (χ2v) is 13.7. The van der Waals surface area contributed by atoms with Gasteiger partial charge in [-0.15, -0.1) is 24.8 Å². The third-order valence-corrected chi connectivity index (χ3v) is 10.0. The Hall–Kier alpha value is -0.336. The van der Waals surface area contributed by atoms with Crippen LogP contribution in [0.2, 0.25) is 0 Å². The molecule has 1 atom stereocenters. The van der Waals surface area contributed by atoms with E-state index in [1.54, 1.807) is 20.6 Å². The number of halogens is 2. The third kappa shape index (κ3) is 10.1. The van der Waals surface area contributed by atoms with Gasteiger partial charge in [-0.2, -0.15) is 0 Å². The van der Waals surface area contributed by atoms with Gasteiger partial charge in [0.25, 0.3) is 0 Å². The van der Waals surface area contributed by atoms with Crippen LogP contribution in [-0.2, 0) is 23.2 Å². The van der Waals surface area contributed by atoms with Crippen LogP contribution >= 0.6 is 24.8 Å². The average molecular weight is 574 g/mol. The van der Waals surface area contributed by atoms with E-state index in [4.69, 9.17) is 8.14 Å². The minimum atomic E-state index is -2.15. The van der Waals surface area contributed by atoms with Crippen LogP contribution in [0.5, 0.6) is 5.75 Å². The fourth-order valence-electron chi connectivity index (χ4n) is 5.26. The summed E-state index contributed by atoms with van der Waals surface area (Å²) in [5.41, 5.74) is 6.69. The summed E-state index contributed by atoms with van der Waals surface area (Å²) < 4.78 is 8.51. The van der Waals surface area contributed by atoms with Crippen molar-refractivity contribution in [2.75, 3.05) is 0 Å². The van der Waals surface area contributed by atoms with Crippen LogP contribution < -0.4 is 3.32 Å². The van der Waals surface area contributed by atoms with Gasteiger partial charge in [0.2, 0.25) is 0 Å². The fourth-order valence-corrected chi connectivity index (χ4v) is 8.14. The van der Waals surface area contributed by atoms with Crippen molar-refractivity contribution in [2.45, 2.75) is 131 Å². The zero-order chi connectivity index (χ0) is 25.1. The first-order valence-electron chi connectivity index (χ1n) is 14.2. The SMILES string of the molecule is Cl.Cl.[CH2]=[Ti]([O]c1cccc(C(C)(C)C)c1)[C]1=C(CCCC)C(CCCC)=C(CCCC)C1CCCC. The van der Waals surface area contributed by atoms with E-state index < -0.39 is 17.8 Å². The van der Waals surface area contributed by atoms with Crippen LogP contribution in [0.1, 0.15) is 131 Å². The van der Waals surface area contributed by atoms with E-state index in [1.165, 1.54) is 82.6 Å². The quantitative estimate of drug-likeness (QED) is 0.190. The summed E-state index contributed by atoms with van der Waals surface area (Å²) in [6.07, 6.45) is 15.3. The van der Waals surface area contributed by atoms with Crippen molar-refractivity contribution in [1.29, 1.82) is 0 Å². The molecule has 1 aromatic rings. The number of rotatable bonds is 15. The van der Waals surface area contributed by atoms with E-state index in [0.717, 1.165) is 5.75 Å². The molecular formula is C32H54Cl2OTi. The Morgan fingerprint density at radius 1 is 0.806 bits per heavy atom. The Bertz CT molecular complexity index is 863. The second-order valence-electron chi connectivity index (χ2n) is 11.2. The summed E-state index contributed by atoms with van der Waals surface area (Å²) in [6.45, 7) is 16.2. The molecule has 0 fully saturated rings. The monoisotopic (exact) mass is 572 g/mol. The van der Waals surface area contributed by atoms with Crippen LogP contribution in [-0.4, -0.2) is 4.82 Å². The minimum absolute atomic E-state index is 0. The molecule has 0 aliphatic heterocycles. The van der Waals surface area contributed by atoms with Crippen molar-refractivity contribution in [3.63, 3.8) is 0 Å². The Balaban J connectivity index is 0.00000612. The molecule has 0 saturated heterocycles. The average Bonchev–Trinajstić information content (AvgIpc) is 3.10. The molecule has 1 unspecified atom stereocenters. The molecule has 1 aromatic carbocycles. The fraction of sp³-hybridized carbons (Fsp3) is 0.656. The van der Waals surface area contributed by atoms with Crippen LogP contribution in [0.3, 0.4) is 0 Å². The molecule has 0 bridgehead atoms. The summed E-state index contributed by atoms with van der Waals surface area (Å²) in [5, 5.41) is 0. The van der Waals surface area contributed by atoms with Crippen molar-refractivity contribution >= 4 is 29.6 Å². The first kappa shape index (κ1) is 35.7. The van der Waals surface area contributed by atoms with Gasteiger partial charge in [-0.05, 0) is 0 Å². The molecule has 4 heteroatoms. The van der Waals surface area contributed by atoms with Crippen LogP contribution in [0.4, 0.5) is 0 Å². The Kier molecular flexibility index (Phi) is 17.9. The maximum absolute atomic E-state index is 6.83. The van der Waals surface area contributed by atoms with Gasteiger partial charge in [-0.3, -0.25) is 0 Å². The molecule has 0 aromatic heterocycles. The molecule has 1 nitrogen and oxygen atoms in total. The Morgan fingerprint density at radius 3 is 1.92 bits per heavy atom. The molecule has 0 N–H and O–H groups in total. The first-order valence-corrected chi connectivity index (χ1v) is 16.7. The molecule has 0 saturated carbocycles. The molecule has 206 valence electrons. The number of hydrogen-bond acceptors (Lipinski definition) is 1. The summed E-state index contributed by atoms with van der Waals surface area (Å²) in [6, 6.07) is 8.81. The van der Waals surface area contributed by atoms with Crippen molar-refractivity contribution in [3.8, 4) is 5.75 Å². The zero-order valence-corrected chi connectivity index (χ0v) is 27.5. The number of hydrogen-bond donors (Lipinski definition) is 0. The van der Waals surface area contributed by atoms with Crippen LogP contribution in [0, 0.1) is 5.92 Å². The summed E-state index contributed by atoms with van der Waals surface area (Å²) in [4.78, 5) is 4.81. The molecular weight excluding hydrogens is 519 g/mol. The maximum atomic E-state index is 6.83. The van der Waals surface area contributed by atoms with Crippen molar-refractivity contribution in [2.24, 2.45) is 5.92 Å². The van der Waals surface area contributed by atoms with Gasteiger partial charge in [-0.25, -0.2) is 0 Å². The predicted molar refractivity (Wildman–Crippen MR) is 163 cm³/mol. The van der Waals surface area contributed by atoms with Gasteiger partial charge in [-0.1, -0.05) is 0 Å². The predicted octanol–water partition coefficient (Wildman–Crippen LogP) is 11.1. The second kappa shape index (κ2) is 18.0. The topological polar surface area (TPSA) is 9.23 Å². The number of unbranched alkanes of at least 4 members (excludes halogenated alkanes) is 4. The molecule has 36 heavy (non-hydrogen) atoms. The molecule has 2 rings (SSSR count). The van der Waals surface area contributed by atoms with Crippen LogP contribution in [0.25, 0.3) is 0 Å². The third-order valence-electron chi connectivity index (χ3n) is 7.29. The molecule has 1 aliphatic rings. The Morgan fingerprint density at radius 2 is 1.36 bits per heavy atom. The van der Waals surface area contributed by atoms with Crippen LogP contribution in [0.15, 0.2) is 44.9 Å². The van der Waals surface area contributed by atoms with E-state index in [0.29, 0.717) is 5.92 Å². The van der Waals surface area contributed by atoms with Crippen molar-refractivity contribution in [1.82, 2.24) is 0 Å². The van der Waals surface area contributed by atoms with Gasteiger partial charge in [0.05, 0.1) is 0 Å². The number of benzene rings is 1. The molecule has 0 amide bonds. The summed E-state index contributed by atoms with van der Waals surface area (Å²) in [5.74, 6) is 1.63. The standard InChI is InChI=1S/C21H37.C10H14O.CH2.2ClH.Ti/c1-5-9-13-18-17-19(14-10-6-2)21(16-12-8-4)20(18)15-11-7-3;1-10(2,3)8-5-4-6-9(11)7-8;;;;/h18H,5-16H2,1-4H3;4-7,11H,1-3H3;1H2;2*1H;/q;;;;;+1/p-1. The number of allylic oxidation sites excluding steroid dienone is 4. The zero-order valence-electron chi connectivity index (χ0n) is 24.3. The molecule has 0 spiro atoms. The van der Waals surface area contributed by atoms with E-state index >= 15 is 0 Å². The van der Waals surface area contributed by atoms with E-state index in [-0.39, 0.29) is 30.2 Å². The molecule has 0 heterocycles. The van der Waals surface area contributed by atoms with E-state index in [9.17, 15) is 0 Å². The summed E-state index contributed by atoms with van der Waals surface area (Å²) in [7, 11) is 0. The Labute approximate surface area is 242 Å². The summed E-state index contributed by atoms with van der Waals surface area (Å²) >= 11 is -2.15. The van der Waals surface area contributed by atoms with Gasteiger partial charge in [0.15, 0.2) is 0 Å². The van der Waals surface area contributed by atoms with E-state index in [2.05, 4.69) is 72.7 Å². The first-order chi connectivity index (χ1) is 16.3. The van der Waals surface area contributed by atoms with Gasteiger partial charge >= 0.3 is 219 Å². The van der Waals surface area contributed by atoms with Crippen molar-refractivity contribution < 1.29 is 21.1 Å². The molecule has 0 radical (unpaired) electrons. The van der Waals surface area contributed by atoms with Gasteiger partial charge < -0.3 is 0 Å². The van der Waals surface area contributed by atoms with Crippen molar-refractivity contribution in [3.05, 3.63) is 50.4 Å². The van der Waals surface area contributed by atoms with Gasteiger partial charge in [0.1, 0.15) is 0 Å². The van der Waals surface area contributed by atoms with Gasteiger partial charge in [0, 0.05) is 0 Å². The molecule has 1 aliphatic carbocycles. The van der Waals surface area contributed by atoms with E-state index in [1.807, 2.05) is 0 Å². The normalized spacial score (nSPS) is 15.6.